The van der Waals surface area contributed by atoms with E-state index in [0.29, 0.717) is 24.3 Å². The number of amides is 1. The van der Waals surface area contributed by atoms with Crippen LogP contribution in [-0.4, -0.2) is 41.0 Å². The van der Waals surface area contributed by atoms with Gasteiger partial charge in [-0.05, 0) is 30.9 Å². The van der Waals surface area contributed by atoms with Gasteiger partial charge < -0.3 is 14.6 Å². The summed E-state index contributed by atoms with van der Waals surface area (Å²) in [6.45, 7) is 3.60. The van der Waals surface area contributed by atoms with Crippen LogP contribution >= 0.6 is 11.8 Å². The van der Waals surface area contributed by atoms with Crippen LogP contribution in [0.3, 0.4) is 0 Å². The van der Waals surface area contributed by atoms with E-state index in [0.717, 1.165) is 29.2 Å². The minimum absolute atomic E-state index is 0.106. The third-order valence-electron chi connectivity index (χ3n) is 4.93. The number of nitrogens with one attached hydrogen (secondary N) is 1. The lowest BCUT2D eigenvalue weighted by atomic mass is 9.86. The molecule has 1 aromatic carbocycles. The summed E-state index contributed by atoms with van der Waals surface area (Å²) >= 11 is 1.51. The number of ether oxygens (including phenoxy) is 1. The largest absolute Gasteiger partial charge is 0.383 e. The topological polar surface area (TPSA) is 56.1 Å². The second-order valence-electron chi connectivity index (χ2n) is 6.75. The molecule has 0 unspecified atom stereocenters. The zero-order chi connectivity index (χ0) is 17.6. The first-order chi connectivity index (χ1) is 12.2. The highest BCUT2D eigenvalue weighted by molar-refractivity contribution is 7.99. The number of methoxy groups -OCH3 is 1. The van der Waals surface area contributed by atoms with Crippen molar-refractivity contribution >= 4 is 28.7 Å². The summed E-state index contributed by atoms with van der Waals surface area (Å²) in [6.07, 6.45) is 4.82. The Hall–Kier alpha value is -1.53. The van der Waals surface area contributed by atoms with Crippen molar-refractivity contribution in [3.8, 4) is 0 Å². The second-order valence-corrected chi connectivity index (χ2v) is 7.69. The van der Waals surface area contributed by atoms with Crippen LogP contribution in [0, 0.1) is 5.92 Å². The number of aromatic nitrogens is 2. The van der Waals surface area contributed by atoms with Gasteiger partial charge in [-0.3, -0.25) is 4.79 Å². The fourth-order valence-corrected chi connectivity index (χ4v) is 4.32. The lowest BCUT2D eigenvalue weighted by Crippen LogP contribution is -2.41. The molecule has 0 aliphatic heterocycles. The fraction of sp³-hybridized carbons (Fsp3) is 0.579. The van der Waals surface area contributed by atoms with Crippen LogP contribution in [0.25, 0.3) is 11.0 Å². The molecule has 1 aromatic heterocycles. The first-order valence-electron chi connectivity index (χ1n) is 9.05. The summed E-state index contributed by atoms with van der Waals surface area (Å²) in [6, 6.07) is 8.40. The molecule has 2 atom stereocenters. The summed E-state index contributed by atoms with van der Waals surface area (Å²) in [4.78, 5) is 17.1. The van der Waals surface area contributed by atoms with Crippen molar-refractivity contribution in [2.75, 3.05) is 19.5 Å². The molecular formula is C19H27N3O2S. The normalized spacial score (nSPS) is 20.7. The molecule has 1 amide bonds. The van der Waals surface area contributed by atoms with Crippen LogP contribution < -0.4 is 5.32 Å². The van der Waals surface area contributed by atoms with Gasteiger partial charge in [0, 0.05) is 19.7 Å². The highest BCUT2D eigenvalue weighted by Gasteiger charge is 2.23. The van der Waals surface area contributed by atoms with Gasteiger partial charge in [0.1, 0.15) is 0 Å². The van der Waals surface area contributed by atoms with Crippen LogP contribution in [0.15, 0.2) is 29.4 Å². The fourth-order valence-electron chi connectivity index (χ4n) is 3.47. The van der Waals surface area contributed by atoms with Crippen molar-refractivity contribution < 1.29 is 9.53 Å². The number of para-hydroxylation sites is 2. The molecule has 3 rings (SSSR count). The average Bonchev–Trinajstić information content (AvgIpc) is 2.98. The molecule has 0 bridgehead atoms. The Morgan fingerprint density at radius 1 is 1.36 bits per heavy atom. The zero-order valence-electron chi connectivity index (χ0n) is 15.0. The van der Waals surface area contributed by atoms with E-state index in [4.69, 9.17) is 4.74 Å². The highest BCUT2D eigenvalue weighted by Crippen LogP contribution is 2.26. The van der Waals surface area contributed by atoms with E-state index in [1.165, 1.54) is 31.0 Å². The molecule has 1 aliphatic rings. The summed E-state index contributed by atoms with van der Waals surface area (Å²) in [5, 5.41) is 4.09. The average molecular weight is 362 g/mol. The third kappa shape index (κ3) is 4.55. The van der Waals surface area contributed by atoms with Crippen LogP contribution in [0.2, 0.25) is 0 Å². The molecule has 136 valence electrons. The molecule has 25 heavy (non-hydrogen) atoms. The number of fused-ring (bicyclic) bond motifs is 1. The Labute approximate surface area is 153 Å². The maximum Gasteiger partial charge on any atom is 0.230 e. The summed E-state index contributed by atoms with van der Waals surface area (Å²) in [5.41, 5.74) is 2.05. The molecule has 0 spiro atoms. The van der Waals surface area contributed by atoms with E-state index >= 15 is 0 Å². The number of carbonyl (C=O) groups excluding carboxylic acids is 1. The van der Waals surface area contributed by atoms with Gasteiger partial charge in [-0.15, -0.1) is 0 Å². The number of hydrogen-bond acceptors (Lipinski definition) is 4. The quantitative estimate of drug-likeness (QED) is 0.767. The number of rotatable bonds is 7. The molecule has 1 saturated carbocycles. The lowest BCUT2D eigenvalue weighted by molar-refractivity contribution is -0.119. The molecule has 6 heteroatoms. The zero-order valence-corrected chi connectivity index (χ0v) is 15.8. The van der Waals surface area contributed by atoms with Crippen LogP contribution in [0.1, 0.15) is 32.6 Å². The maximum absolute atomic E-state index is 12.4. The van der Waals surface area contributed by atoms with E-state index in [-0.39, 0.29) is 5.91 Å². The van der Waals surface area contributed by atoms with Crippen molar-refractivity contribution in [1.82, 2.24) is 14.9 Å². The second kappa shape index (κ2) is 8.72. The van der Waals surface area contributed by atoms with Crippen molar-refractivity contribution in [3.05, 3.63) is 24.3 Å². The van der Waals surface area contributed by atoms with E-state index in [1.807, 2.05) is 18.2 Å². The van der Waals surface area contributed by atoms with Gasteiger partial charge in [-0.1, -0.05) is 43.7 Å². The van der Waals surface area contributed by atoms with Crippen LogP contribution in [0.5, 0.6) is 0 Å². The standard InChI is InChI=1S/C19H27N3O2S/c1-14-7-3-4-8-15(14)20-18(23)13-25-19-21-16-9-5-6-10-17(16)22(19)11-12-24-2/h5-6,9-10,14-15H,3-4,7-8,11-13H2,1-2H3,(H,20,23)/t14-,15-/m0/s1. The smallest absolute Gasteiger partial charge is 0.230 e. The number of carbonyl (C=O) groups is 1. The lowest BCUT2D eigenvalue weighted by Gasteiger charge is -2.29. The number of hydrogen-bond donors (Lipinski definition) is 1. The molecule has 0 saturated heterocycles. The Morgan fingerprint density at radius 3 is 2.96 bits per heavy atom. The molecule has 1 heterocycles. The maximum atomic E-state index is 12.4. The number of benzene rings is 1. The Bertz CT molecular complexity index is 716. The molecule has 1 fully saturated rings. The van der Waals surface area contributed by atoms with E-state index in [9.17, 15) is 4.79 Å². The van der Waals surface area contributed by atoms with Gasteiger partial charge in [0.05, 0.1) is 23.4 Å². The van der Waals surface area contributed by atoms with E-state index in [1.54, 1.807) is 7.11 Å². The number of nitrogens with zero attached hydrogens (tertiary/aromatic N) is 2. The number of thioether (sulfide) groups is 1. The first kappa shape index (κ1) is 18.3. The predicted octanol–water partition coefficient (Wildman–Crippen LogP) is 3.47. The van der Waals surface area contributed by atoms with Gasteiger partial charge in [-0.25, -0.2) is 4.98 Å². The van der Waals surface area contributed by atoms with Crippen LogP contribution in [0.4, 0.5) is 0 Å². The van der Waals surface area contributed by atoms with Gasteiger partial charge in [0.2, 0.25) is 5.91 Å². The molecular weight excluding hydrogens is 334 g/mol. The number of imidazole rings is 1. The highest BCUT2D eigenvalue weighted by atomic mass is 32.2. The molecule has 1 aliphatic carbocycles. The van der Waals surface area contributed by atoms with Crippen molar-refractivity contribution in [3.63, 3.8) is 0 Å². The van der Waals surface area contributed by atoms with Gasteiger partial charge in [0.15, 0.2) is 5.16 Å². The van der Waals surface area contributed by atoms with Crippen molar-refractivity contribution in [2.24, 2.45) is 5.92 Å². The third-order valence-corrected chi connectivity index (χ3v) is 5.91. The molecule has 5 nitrogen and oxygen atoms in total. The van der Waals surface area contributed by atoms with Crippen LogP contribution in [-0.2, 0) is 16.1 Å². The van der Waals surface area contributed by atoms with Gasteiger partial charge >= 0.3 is 0 Å². The predicted molar refractivity (Wildman–Crippen MR) is 102 cm³/mol. The van der Waals surface area contributed by atoms with E-state index < -0.39 is 0 Å². The van der Waals surface area contributed by atoms with Gasteiger partial charge in [-0.2, -0.15) is 0 Å². The van der Waals surface area contributed by atoms with Crippen molar-refractivity contribution in [2.45, 2.75) is 50.4 Å². The monoisotopic (exact) mass is 361 g/mol. The summed E-state index contributed by atoms with van der Waals surface area (Å²) in [7, 11) is 1.70. The van der Waals surface area contributed by atoms with Crippen molar-refractivity contribution in [1.29, 1.82) is 0 Å². The summed E-state index contributed by atoms with van der Waals surface area (Å²) in [5.74, 6) is 1.09. The van der Waals surface area contributed by atoms with E-state index in [2.05, 4.69) is 27.9 Å². The minimum atomic E-state index is 0.106. The first-order valence-corrected chi connectivity index (χ1v) is 10.0. The van der Waals surface area contributed by atoms with Gasteiger partial charge in [0.25, 0.3) is 0 Å². The Balaban J connectivity index is 1.64. The SMILES string of the molecule is COCCn1c(SCC(=O)N[C@H]2CCCC[C@@H]2C)nc2ccccc21. The molecule has 1 N–H and O–H groups in total. The molecule has 2 aromatic rings. The minimum Gasteiger partial charge on any atom is -0.383 e. The Kier molecular flexibility index (Phi) is 6.37. The molecule has 0 radical (unpaired) electrons. The summed E-state index contributed by atoms with van der Waals surface area (Å²) < 4.78 is 7.36. The Morgan fingerprint density at radius 2 is 2.16 bits per heavy atom.